The molecular weight excluding hydrogens is 544 g/mol. The third-order valence-corrected chi connectivity index (χ3v) is 7.46. The molecule has 3 aromatic carbocycles. The highest BCUT2D eigenvalue weighted by Gasteiger charge is 2.37. The van der Waals surface area contributed by atoms with Gasteiger partial charge in [0.25, 0.3) is 5.91 Å². The molecule has 0 spiro atoms. The van der Waals surface area contributed by atoms with Gasteiger partial charge in [-0.05, 0) is 67.8 Å². The minimum Gasteiger partial charge on any atom is -0.481 e. The number of nitrogens with one attached hydrogen (secondary N) is 2. The first-order valence-electron chi connectivity index (χ1n) is 13.6. The van der Waals surface area contributed by atoms with Crippen molar-refractivity contribution in [1.82, 2.24) is 10.6 Å². The summed E-state index contributed by atoms with van der Waals surface area (Å²) in [6.45, 7) is 3.95. The van der Waals surface area contributed by atoms with Crippen molar-refractivity contribution in [3.63, 3.8) is 0 Å². The number of halogens is 1. The summed E-state index contributed by atoms with van der Waals surface area (Å²) in [7, 11) is 1.66. The number of anilines is 2. The van der Waals surface area contributed by atoms with Gasteiger partial charge in [0, 0.05) is 12.8 Å². The van der Waals surface area contributed by atoms with Gasteiger partial charge in [0.2, 0.25) is 11.8 Å². The second-order valence-electron chi connectivity index (χ2n) is 10.2. The van der Waals surface area contributed by atoms with Gasteiger partial charge in [-0.1, -0.05) is 48.5 Å². The number of unbranched alkanes of at least 4 members (excludes halogenated alkanes) is 1. The van der Waals surface area contributed by atoms with Crippen LogP contribution in [-0.4, -0.2) is 54.5 Å². The fourth-order valence-electron chi connectivity index (χ4n) is 5.02. The Labute approximate surface area is 246 Å². The van der Waals surface area contributed by atoms with Crippen LogP contribution < -0.4 is 20.4 Å². The van der Waals surface area contributed by atoms with E-state index < -0.39 is 18.1 Å². The Balaban J connectivity index is 0.00000462. The molecule has 1 aliphatic rings. The van der Waals surface area contributed by atoms with Gasteiger partial charge in [-0.15, -0.1) is 12.4 Å². The Hall–Kier alpha value is -3.95. The van der Waals surface area contributed by atoms with E-state index in [1.54, 1.807) is 29.8 Å². The normalized spacial score (nSPS) is 15.5. The highest BCUT2D eigenvalue weighted by Crippen LogP contribution is 2.36. The quantitative estimate of drug-likeness (QED) is 0.309. The van der Waals surface area contributed by atoms with E-state index in [4.69, 9.17) is 5.11 Å². The van der Waals surface area contributed by atoms with Crippen LogP contribution in [0.5, 0.6) is 0 Å². The first-order valence-corrected chi connectivity index (χ1v) is 13.6. The van der Waals surface area contributed by atoms with Crippen LogP contribution in [-0.2, 0) is 25.7 Å². The van der Waals surface area contributed by atoms with E-state index in [9.17, 15) is 19.2 Å². The van der Waals surface area contributed by atoms with Gasteiger partial charge in [0.15, 0.2) is 0 Å². The van der Waals surface area contributed by atoms with Gasteiger partial charge < -0.3 is 25.5 Å². The standard InChI is InChI=1S/C31H36N4O5.ClH/c1-20-16-17-22-10-4-5-11-23(22)24(20)18-35-27-13-7-6-12-26(27)34(28(36)14-8-9-15-29(37)38)19-25(31(35)40)33-30(39)21(2)32-3;/h4-7,10-13,16-17,21,25,32H,8-9,14-15,18-19H2,1-3H3,(H,33,39)(H,37,38);1H/t21-,25-;/m0./s1. The van der Waals surface area contributed by atoms with Crippen LogP contribution in [0.3, 0.4) is 0 Å². The molecule has 10 heteroatoms. The van der Waals surface area contributed by atoms with Crippen molar-refractivity contribution in [3.8, 4) is 0 Å². The first kappa shape index (κ1) is 31.6. The van der Waals surface area contributed by atoms with Crippen LogP contribution in [0, 0.1) is 6.92 Å². The number of likely N-dealkylation sites (N-methyl/N-ethyl adjacent to an activating group) is 1. The topological polar surface area (TPSA) is 119 Å². The van der Waals surface area contributed by atoms with Gasteiger partial charge in [0.1, 0.15) is 6.04 Å². The second-order valence-corrected chi connectivity index (χ2v) is 10.2. The lowest BCUT2D eigenvalue weighted by molar-refractivity contribution is -0.137. The van der Waals surface area contributed by atoms with Gasteiger partial charge in [-0.3, -0.25) is 19.2 Å². The Morgan fingerprint density at radius 1 is 0.976 bits per heavy atom. The molecule has 1 heterocycles. The molecule has 0 fully saturated rings. The zero-order valence-electron chi connectivity index (χ0n) is 23.6. The molecule has 2 atom stereocenters. The summed E-state index contributed by atoms with van der Waals surface area (Å²) in [6, 6.07) is 17.9. The van der Waals surface area contributed by atoms with Crippen LogP contribution in [0.25, 0.3) is 10.8 Å². The van der Waals surface area contributed by atoms with Crippen molar-refractivity contribution in [3.05, 3.63) is 71.8 Å². The highest BCUT2D eigenvalue weighted by molar-refractivity contribution is 6.08. The number of carboxylic acids is 1. The number of hydrogen-bond donors (Lipinski definition) is 3. The second kappa shape index (κ2) is 14.1. The number of rotatable bonds is 10. The molecule has 3 N–H and O–H groups in total. The fourth-order valence-corrected chi connectivity index (χ4v) is 5.02. The third kappa shape index (κ3) is 7.23. The monoisotopic (exact) mass is 580 g/mol. The van der Waals surface area contributed by atoms with Crippen LogP contribution >= 0.6 is 12.4 Å². The number of para-hydroxylation sites is 2. The fraction of sp³-hybridized carbons (Fsp3) is 0.355. The summed E-state index contributed by atoms with van der Waals surface area (Å²) in [6.07, 6.45) is 0.902. The van der Waals surface area contributed by atoms with Crippen molar-refractivity contribution in [2.45, 2.75) is 58.2 Å². The molecule has 3 aromatic rings. The summed E-state index contributed by atoms with van der Waals surface area (Å²) in [5.41, 5.74) is 3.18. The van der Waals surface area contributed by atoms with Crippen molar-refractivity contribution < 1.29 is 24.3 Å². The van der Waals surface area contributed by atoms with Gasteiger partial charge in [0.05, 0.1) is 30.5 Å². The molecule has 0 saturated heterocycles. The molecule has 0 saturated carbocycles. The van der Waals surface area contributed by atoms with Crippen LogP contribution in [0.15, 0.2) is 60.7 Å². The summed E-state index contributed by atoms with van der Waals surface area (Å²) >= 11 is 0. The van der Waals surface area contributed by atoms with E-state index in [0.29, 0.717) is 24.2 Å². The average molecular weight is 581 g/mol. The number of carbonyl (C=O) groups is 4. The van der Waals surface area contributed by atoms with E-state index in [1.807, 2.05) is 55.5 Å². The zero-order valence-corrected chi connectivity index (χ0v) is 24.4. The van der Waals surface area contributed by atoms with Crippen molar-refractivity contribution in [1.29, 1.82) is 0 Å². The molecule has 0 radical (unpaired) electrons. The summed E-state index contributed by atoms with van der Waals surface area (Å²) in [5.74, 6) is -1.78. The number of amides is 3. The Morgan fingerprint density at radius 2 is 1.63 bits per heavy atom. The molecule has 4 rings (SSSR count). The summed E-state index contributed by atoms with van der Waals surface area (Å²) < 4.78 is 0. The minimum atomic E-state index is -0.978. The average Bonchev–Trinajstić information content (AvgIpc) is 3.06. The Morgan fingerprint density at radius 3 is 2.34 bits per heavy atom. The maximum Gasteiger partial charge on any atom is 0.303 e. The molecule has 0 aromatic heterocycles. The smallest absolute Gasteiger partial charge is 0.303 e. The number of hydrogen-bond acceptors (Lipinski definition) is 5. The molecule has 1 aliphatic heterocycles. The van der Waals surface area contributed by atoms with Crippen molar-refractivity contribution in [2.24, 2.45) is 0 Å². The summed E-state index contributed by atoms with van der Waals surface area (Å²) in [4.78, 5) is 54.8. The lowest BCUT2D eigenvalue weighted by Gasteiger charge is -2.27. The first-order chi connectivity index (χ1) is 19.2. The number of fused-ring (bicyclic) bond motifs is 2. The number of aryl methyl sites for hydroxylation is 1. The molecule has 9 nitrogen and oxygen atoms in total. The van der Waals surface area contributed by atoms with E-state index in [0.717, 1.165) is 21.9 Å². The van der Waals surface area contributed by atoms with E-state index >= 15 is 0 Å². The van der Waals surface area contributed by atoms with E-state index in [1.165, 1.54) is 0 Å². The van der Waals surface area contributed by atoms with Crippen molar-refractivity contribution >= 4 is 58.2 Å². The predicted molar refractivity (Wildman–Crippen MR) is 162 cm³/mol. The molecule has 218 valence electrons. The molecule has 41 heavy (non-hydrogen) atoms. The van der Waals surface area contributed by atoms with E-state index in [2.05, 4.69) is 16.7 Å². The van der Waals surface area contributed by atoms with Crippen molar-refractivity contribution in [2.75, 3.05) is 23.4 Å². The predicted octanol–water partition coefficient (Wildman–Crippen LogP) is 4.19. The number of carboxylic acid groups (broad SMARTS) is 1. The third-order valence-electron chi connectivity index (χ3n) is 7.46. The minimum absolute atomic E-state index is 0. The maximum absolute atomic E-state index is 14.2. The highest BCUT2D eigenvalue weighted by atomic mass is 35.5. The molecule has 3 amide bonds. The molecular formula is C31H37ClN4O5. The number of benzene rings is 3. The van der Waals surface area contributed by atoms with Crippen LogP contribution in [0.4, 0.5) is 11.4 Å². The van der Waals surface area contributed by atoms with E-state index in [-0.39, 0.29) is 56.1 Å². The molecule has 0 aliphatic carbocycles. The lowest BCUT2D eigenvalue weighted by Crippen LogP contribution is -2.55. The SMILES string of the molecule is CN[C@@H](C)C(=O)N[C@H]1CN(C(=O)CCCCC(=O)O)c2ccccc2N(Cc2c(C)ccc3ccccc23)C1=O.Cl. The zero-order chi connectivity index (χ0) is 28.8. The van der Waals surface area contributed by atoms with Gasteiger partial charge in [-0.2, -0.15) is 0 Å². The molecule has 0 bridgehead atoms. The molecule has 0 unspecified atom stereocenters. The largest absolute Gasteiger partial charge is 0.481 e. The lowest BCUT2D eigenvalue weighted by atomic mass is 9.99. The van der Waals surface area contributed by atoms with Crippen LogP contribution in [0.2, 0.25) is 0 Å². The number of aliphatic carboxylic acids is 1. The Bertz CT molecular complexity index is 1430. The summed E-state index contributed by atoms with van der Waals surface area (Å²) in [5, 5.41) is 16.8. The van der Waals surface area contributed by atoms with Gasteiger partial charge in [-0.25, -0.2) is 0 Å². The maximum atomic E-state index is 14.2. The van der Waals surface area contributed by atoms with Crippen LogP contribution in [0.1, 0.15) is 43.7 Å². The number of carbonyl (C=O) groups excluding carboxylic acids is 3. The van der Waals surface area contributed by atoms with Gasteiger partial charge >= 0.3 is 5.97 Å². The Kier molecular flexibility index (Phi) is 10.9. The number of nitrogens with zero attached hydrogens (tertiary/aromatic N) is 2.